The van der Waals surface area contributed by atoms with Crippen molar-refractivity contribution < 1.29 is 19.1 Å². The van der Waals surface area contributed by atoms with Gasteiger partial charge >= 0.3 is 5.97 Å². The molecule has 2 aromatic carbocycles. The van der Waals surface area contributed by atoms with Crippen molar-refractivity contribution in [2.75, 3.05) is 11.9 Å². The van der Waals surface area contributed by atoms with Gasteiger partial charge in [-0.05, 0) is 44.2 Å². The Balaban J connectivity index is 2.08. The summed E-state index contributed by atoms with van der Waals surface area (Å²) in [5.41, 5.74) is 0.702. The summed E-state index contributed by atoms with van der Waals surface area (Å²) >= 11 is 3.35. The third-order valence-corrected chi connectivity index (χ3v) is 3.65. The Labute approximate surface area is 149 Å². The van der Waals surface area contributed by atoms with Crippen LogP contribution < -0.4 is 10.1 Å². The molecule has 0 aliphatic heterocycles. The number of amides is 1. The molecule has 0 fully saturated rings. The Kier molecular flexibility index (Phi) is 6.37. The van der Waals surface area contributed by atoms with Crippen LogP contribution in [0.15, 0.2) is 53.0 Å². The van der Waals surface area contributed by atoms with E-state index in [1.54, 1.807) is 50.2 Å². The van der Waals surface area contributed by atoms with E-state index in [0.29, 0.717) is 17.0 Å². The van der Waals surface area contributed by atoms with E-state index >= 15 is 0 Å². The van der Waals surface area contributed by atoms with Crippen LogP contribution in [-0.2, 0) is 9.53 Å². The van der Waals surface area contributed by atoms with Crippen molar-refractivity contribution in [3.8, 4) is 5.75 Å². The predicted octanol–water partition coefficient (Wildman–Crippen LogP) is 4.03. The van der Waals surface area contributed by atoms with Crippen molar-refractivity contribution >= 4 is 33.5 Å². The summed E-state index contributed by atoms with van der Waals surface area (Å²) in [7, 11) is 0. The van der Waals surface area contributed by atoms with Crippen LogP contribution in [0, 0.1) is 0 Å². The van der Waals surface area contributed by atoms with Crippen molar-refractivity contribution in [3.05, 3.63) is 58.6 Å². The monoisotopic (exact) mass is 391 g/mol. The van der Waals surface area contributed by atoms with Crippen molar-refractivity contribution in [2.45, 2.75) is 20.0 Å². The Hall–Kier alpha value is -2.34. The van der Waals surface area contributed by atoms with Crippen molar-refractivity contribution in [1.82, 2.24) is 0 Å². The Morgan fingerprint density at radius 1 is 1.17 bits per heavy atom. The highest BCUT2D eigenvalue weighted by molar-refractivity contribution is 9.10. The lowest BCUT2D eigenvalue weighted by molar-refractivity contribution is -0.122. The van der Waals surface area contributed by atoms with Gasteiger partial charge in [0, 0.05) is 4.47 Å². The van der Waals surface area contributed by atoms with Crippen LogP contribution >= 0.6 is 15.9 Å². The molecule has 0 saturated carbocycles. The topological polar surface area (TPSA) is 64.6 Å². The molecule has 2 aromatic rings. The van der Waals surface area contributed by atoms with E-state index in [2.05, 4.69) is 21.2 Å². The number of anilines is 1. The fraction of sp³-hybridized carbons (Fsp3) is 0.222. The molecule has 0 heterocycles. The summed E-state index contributed by atoms with van der Waals surface area (Å²) in [6.45, 7) is 3.64. The Bertz CT molecular complexity index is 732. The first-order valence-corrected chi connectivity index (χ1v) is 8.29. The Morgan fingerprint density at radius 3 is 2.62 bits per heavy atom. The van der Waals surface area contributed by atoms with Gasteiger partial charge in [-0.15, -0.1) is 0 Å². The normalized spacial score (nSPS) is 11.5. The number of hydrogen-bond acceptors (Lipinski definition) is 4. The molecule has 0 aromatic heterocycles. The lowest BCUT2D eigenvalue weighted by atomic mass is 10.1. The molecular weight excluding hydrogens is 374 g/mol. The van der Waals surface area contributed by atoms with Crippen molar-refractivity contribution in [1.29, 1.82) is 0 Å². The number of halogens is 1. The van der Waals surface area contributed by atoms with Gasteiger partial charge in [0.15, 0.2) is 6.10 Å². The molecule has 0 aliphatic carbocycles. The summed E-state index contributed by atoms with van der Waals surface area (Å²) in [6.07, 6.45) is -0.727. The van der Waals surface area contributed by atoms with Crippen molar-refractivity contribution in [2.24, 2.45) is 0 Å². The second-order valence-electron chi connectivity index (χ2n) is 4.97. The summed E-state index contributed by atoms with van der Waals surface area (Å²) in [6, 6.07) is 13.9. The fourth-order valence-electron chi connectivity index (χ4n) is 2.01. The third-order valence-electron chi connectivity index (χ3n) is 3.16. The molecule has 1 atom stereocenters. The molecule has 0 aliphatic rings. The van der Waals surface area contributed by atoms with Crippen LogP contribution in [0.25, 0.3) is 0 Å². The number of ether oxygens (including phenoxy) is 2. The minimum absolute atomic E-state index is 0.267. The van der Waals surface area contributed by atoms with E-state index in [1.165, 1.54) is 0 Å². The number of benzene rings is 2. The zero-order chi connectivity index (χ0) is 17.5. The highest BCUT2D eigenvalue weighted by Crippen LogP contribution is 2.20. The van der Waals surface area contributed by atoms with E-state index in [4.69, 9.17) is 9.47 Å². The molecule has 1 N–H and O–H groups in total. The van der Waals surface area contributed by atoms with Crippen LogP contribution in [0.3, 0.4) is 0 Å². The molecule has 0 saturated heterocycles. The largest absolute Gasteiger partial charge is 0.481 e. The molecule has 2 rings (SSSR count). The molecule has 1 amide bonds. The van der Waals surface area contributed by atoms with Gasteiger partial charge < -0.3 is 14.8 Å². The van der Waals surface area contributed by atoms with Gasteiger partial charge in [0.1, 0.15) is 5.75 Å². The molecule has 126 valence electrons. The molecular formula is C18H18BrNO4. The van der Waals surface area contributed by atoms with Crippen LogP contribution in [0.2, 0.25) is 0 Å². The quantitative estimate of drug-likeness (QED) is 0.754. The van der Waals surface area contributed by atoms with Gasteiger partial charge in [0.25, 0.3) is 5.91 Å². The number of carbonyl (C=O) groups excluding carboxylic acids is 2. The minimum atomic E-state index is -0.727. The lowest BCUT2D eigenvalue weighted by Crippen LogP contribution is -2.30. The van der Waals surface area contributed by atoms with Gasteiger partial charge in [-0.25, -0.2) is 4.79 Å². The second kappa shape index (κ2) is 8.49. The first-order valence-electron chi connectivity index (χ1n) is 7.50. The van der Waals surface area contributed by atoms with Crippen LogP contribution in [-0.4, -0.2) is 24.6 Å². The predicted molar refractivity (Wildman–Crippen MR) is 95.3 cm³/mol. The molecule has 0 unspecified atom stereocenters. The molecule has 6 heteroatoms. The maximum absolute atomic E-state index is 12.3. The highest BCUT2D eigenvalue weighted by Gasteiger charge is 2.19. The molecule has 0 spiro atoms. The number of para-hydroxylation sites is 1. The first-order chi connectivity index (χ1) is 11.5. The molecule has 0 radical (unpaired) electrons. The van der Waals surface area contributed by atoms with Crippen LogP contribution in [0.5, 0.6) is 5.75 Å². The summed E-state index contributed by atoms with van der Waals surface area (Å²) in [5.74, 6) is -0.258. The molecule has 24 heavy (non-hydrogen) atoms. The molecule has 5 nitrogen and oxygen atoms in total. The minimum Gasteiger partial charge on any atom is -0.481 e. The fourth-order valence-corrected chi connectivity index (χ4v) is 2.39. The van der Waals surface area contributed by atoms with Gasteiger partial charge in [0.2, 0.25) is 0 Å². The van der Waals surface area contributed by atoms with Crippen LogP contribution in [0.4, 0.5) is 5.69 Å². The summed E-state index contributed by atoms with van der Waals surface area (Å²) in [5, 5.41) is 2.71. The number of esters is 1. The van der Waals surface area contributed by atoms with E-state index < -0.39 is 12.1 Å². The standard InChI is InChI=1S/C18H18BrNO4/c1-3-23-18(22)15-9-4-5-10-16(15)20-17(21)12(2)24-14-8-6-7-13(19)11-14/h4-12H,3H2,1-2H3,(H,20,21)/t12-/m0/s1. The number of rotatable bonds is 6. The lowest BCUT2D eigenvalue weighted by Gasteiger charge is -2.16. The summed E-state index contributed by atoms with van der Waals surface area (Å²) < 4.78 is 11.5. The van der Waals surface area contributed by atoms with Gasteiger partial charge in [-0.2, -0.15) is 0 Å². The molecule has 0 bridgehead atoms. The smallest absolute Gasteiger partial charge is 0.340 e. The average Bonchev–Trinajstić information content (AvgIpc) is 2.55. The third kappa shape index (κ3) is 4.83. The van der Waals surface area contributed by atoms with E-state index in [-0.39, 0.29) is 12.5 Å². The van der Waals surface area contributed by atoms with Gasteiger partial charge in [-0.3, -0.25) is 4.79 Å². The zero-order valence-corrected chi connectivity index (χ0v) is 15.0. The number of hydrogen-bond donors (Lipinski definition) is 1. The van der Waals surface area contributed by atoms with E-state index in [0.717, 1.165) is 4.47 Å². The number of nitrogens with one attached hydrogen (secondary N) is 1. The van der Waals surface area contributed by atoms with Crippen LogP contribution in [0.1, 0.15) is 24.2 Å². The SMILES string of the molecule is CCOC(=O)c1ccccc1NC(=O)[C@H](C)Oc1cccc(Br)c1. The maximum atomic E-state index is 12.3. The maximum Gasteiger partial charge on any atom is 0.340 e. The van der Waals surface area contributed by atoms with Crippen molar-refractivity contribution in [3.63, 3.8) is 0 Å². The van der Waals surface area contributed by atoms with E-state index in [1.807, 2.05) is 12.1 Å². The van der Waals surface area contributed by atoms with Gasteiger partial charge in [-0.1, -0.05) is 34.1 Å². The van der Waals surface area contributed by atoms with E-state index in [9.17, 15) is 9.59 Å². The second-order valence-corrected chi connectivity index (χ2v) is 5.89. The number of carbonyl (C=O) groups is 2. The Morgan fingerprint density at radius 2 is 1.92 bits per heavy atom. The highest BCUT2D eigenvalue weighted by atomic mass is 79.9. The summed E-state index contributed by atoms with van der Waals surface area (Å²) in [4.78, 5) is 24.3. The van der Waals surface area contributed by atoms with Gasteiger partial charge in [0.05, 0.1) is 17.9 Å². The average molecular weight is 392 g/mol. The zero-order valence-electron chi connectivity index (χ0n) is 13.4. The first kappa shape index (κ1) is 18.0.